The zero-order valence-corrected chi connectivity index (χ0v) is 19.6. The number of nitrogens with zero attached hydrogens (tertiary/aromatic N) is 4. The Kier molecular flexibility index (Phi) is 8.59. The van der Waals surface area contributed by atoms with Crippen molar-refractivity contribution in [3.63, 3.8) is 0 Å². The monoisotopic (exact) mass is 437 g/mol. The number of hydrogen-bond acceptors (Lipinski definition) is 5. The molecule has 32 heavy (non-hydrogen) atoms. The average molecular weight is 438 g/mol. The number of benzene rings is 1. The summed E-state index contributed by atoms with van der Waals surface area (Å²) in [4.78, 5) is 38.0. The van der Waals surface area contributed by atoms with Crippen LogP contribution in [-0.2, 0) is 16.1 Å². The van der Waals surface area contributed by atoms with Gasteiger partial charge in [-0.15, -0.1) is 0 Å². The first-order valence-corrected chi connectivity index (χ1v) is 11.6. The van der Waals surface area contributed by atoms with E-state index < -0.39 is 0 Å². The van der Waals surface area contributed by atoms with Gasteiger partial charge in [-0.25, -0.2) is 9.97 Å². The molecule has 0 saturated heterocycles. The largest absolute Gasteiger partial charge is 0.354 e. The van der Waals surface area contributed by atoms with Crippen molar-refractivity contribution in [2.24, 2.45) is 0 Å². The highest BCUT2D eigenvalue weighted by Gasteiger charge is 2.20. The summed E-state index contributed by atoms with van der Waals surface area (Å²) in [5.41, 5.74) is 3.74. The van der Waals surface area contributed by atoms with Crippen LogP contribution in [0.15, 0.2) is 30.3 Å². The molecule has 3 rings (SSSR count). The van der Waals surface area contributed by atoms with Gasteiger partial charge in [-0.2, -0.15) is 0 Å². The van der Waals surface area contributed by atoms with Crippen molar-refractivity contribution in [1.82, 2.24) is 14.9 Å². The van der Waals surface area contributed by atoms with E-state index >= 15 is 0 Å². The molecule has 0 fully saturated rings. The lowest BCUT2D eigenvalue weighted by atomic mass is 10.1. The number of aromatic nitrogens is 2. The molecule has 0 aliphatic carbocycles. The zero-order valence-electron chi connectivity index (χ0n) is 19.6. The normalized spacial score (nSPS) is 15.3. The Morgan fingerprint density at radius 1 is 0.969 bits per heavy atom. The van der Waals surface area contributed by atoms with Gasteiger partial charge >= 0.3 is 0 Å². The fourth-order valence-electron chi connectivity index (χ4n) is 4.20. The lowest BCUT2D eigenvalue weighted by Crippen LogP contribution is -2.35. The van der Waals surface area contributed by atoms with E-state index in [0.29, 0.717) is 25.5 Å². The van der Waals surface area contributed by atoms with E-state index in [9.17, 15) is 9.59 Å². The fourth-order valence-corrected chi connectivity index (χ4v) is 4.20. The summed E-state index contributed by atoms with van der Waals surface area (Å²) in [6.45, 7) is 7.94. The molecule has 7 heteroatoms. The van der Waals surface area contributed by atoms with E-state index in [2.05, 4.69) is 15.3 Å². The molecule has 172 valence electrons. The lowest BCUT2D eigenvalue weighted by molar-refractivity contribution is -0.131. The van der Waals surface area contributed by atoms with Gasteiger partial charge in [0.15, 0.2) is 0 Å². The molecule has 0 spiro atoms. The third kappa shape index (κ3) is 6.77. The molecule has 0 radical (unpaired) electrons. The number of fused-ring (bicyclic) bond motifs is 1. The summed E-state index contributed by atoms with van der Waals surface area (Å²) in [5, 5.41) is 3.18. The van der Waals surface area contributed by atoms with Crippen molar-refractivity contribution in [1.29, 1.82) is 0 Å². The highest BCUT2D eigenvalue weighted by Crippen LogP contribution is 2.24. The number of rotatable bonds is 4. The van der Waals surface area contributed by atoms with E-state index in [-0.39, 0.29) is 11.8 Å². The number of nitrogens with one attached hydrogen (secondary N) is 1. The van der Waals surface area contributed by atoms with Crippen molar-refractivity contribution in [2.45, 2.75) is 65.8 Å². The van der Waals surface area contributed by atoms with Crippen molar-refractivity contribution < 1.29 is 9.59 Å². The highest BCUT2D eigenvalue weighted by molar-refractivity contribution is 5.92. The van der Waals surface area contributed by atoms with Crippen molar-refractivity contribution in [3.05, 3.63) is 47.3 Å². The molecule has 1 N–H and O–H groups in total. The number of amides is 2. The Bertz CT molecular complexity index is 910. The SMILES string of the molecule is CC(=O)N1CCCCCCCN(C(=O)CCNc2nc(C)cc(C)n2)Cc2ccccc21. The second-order valence-corrected chi connectivity index (χ2v) is 8.53. The maximum Gasteiger partial charge on any atom is 0.224 e. The number of aryl methyl sites for hydroxylation is 2. The van der Waals surface area contributed by atoms with Crippen LogP contribution in [0.1, 0.15) is 62.4 Å². The van der Waals surface area contributed by atoms with Crippen LogP contribution < -0.4 is 10.2 Å². The second-order valence-electron chi connectivity index (χ2n) is 8.53. The average Bonchev–Trinajstić information content (AvgIpc) is 2.73. The van der Waals surface area contributed by atoms with Gasteiger partial charge in [0.2, 0.25) is 17.8 Å². The topological polar surface area (TPSA) is 78.4 Å². The van der Waals surface area contributed by atoms with Gasteiger partial charge in [0.05, 0.1) is 0 Å². The van der Waals surface area contributed by atoms with E-state index in [4.69, 9.17) is 0 Å². The number of anilines is 2. The molecular weight excluding hydrogens is 402 g/mol. The maximum atomic E-state index is 13.1. The van der Waals surface area contributed by atoms with E-state index in [1.807, 2.05) is 54.0 Å². The standard InChI is InChI=1S/C25H35N5O2/c1-19-17-20(2)28-25(27-19)26-14-13-24(32)29-15-9-5-4-6-10-16-30(21(3)31)23-12-8-7-11-22(23)18-29/h7-8,11-12,17H,4-6,9-10,13-16,18H2,1-3H3,(H,26,27,28). The third-order valence-electron chi connectivity index (χ3n) is 5.79. The van der Waals surface area contributed by atoms with Crippen molar-refractivity contribution in [2.75, 3.05) is 29.9 Å². The van der Waals surface area contributed by atoms with Gasteiger partial charge in [-0.1, -0.05) is 37.5 Å². The first kappa shape index (κ1) is 23.7. The molecule has 1 aromatic heterocycles. The Hall–Kier alpha value is -2.96. The summed E-state index contributed by atoms with van der Waals surface area (Å²) < 4.78 is 0. The van der Waals surface area contributed by atoms with Gasteiger partial charge < -0.3 is 15.1 Å². The van der Waals surface area contributed by atoms with Crippen molar-refractivity contribution >= 4 is 23.5 Å². The molecule has 2 aromatic rings. The summed E-state index contributed by atoms with van der Waals surface area (Å²) >= 11 is 0. The zero-order chi connectivity index (χ0) is 22.9. The fraction of sp³-hybridized carbons (Fsp3) is 0.520. The first-order chi connectivity index (χ1) is 15.4. The van der Waals surface area contributed by atoms with Gasteiger partial charge in [-0.3, -0.25) is 9.59 Å². The van der Waals surface area contributed by atoms with Crippen LogP contribution in [0, 0.1) is 13.8 Å². The number of hydrogen-bond donors (Lipinski definition) is 1. The lowest BCUT2D eigenvalue weighted by Gasteiger charge is -2.29. The quantitative estimate of drug-likeness (QED) is 0.774. The van der Waals surface area contributed by atoms with E-state index in [0.717, 1.165) is 67.8 Å². The molecule has 1 aliphatic heterocycles. The molecular formula is C25H35N5O2. The Labute approximate surface area is 191 Å². The molecule has 0 atom stereocenters. The van der Waals surface area contributed by atoms with Gasteiger partial charge in [-0.05, 0) is 44.4 Å². The Morgan fingerprint density at radius 3 is 2.34 bits per heavy atom. The second kappa shape index (κ2) is 11.6. The van der Waals surface area contributed by atoms with Crippen LogP contribution in [0.2, 0.25) is 0 Å². The van der Waals surface area contributed by atoms with Crippen LogP contribution in [-0.4, -0.2) is 46.3 Å². The molecule has 2 heterocycles. The van der Waals surface area contributed by atoms with E-state index in [1.165, 1.54) is 0 Å². The summed E-state index contributed by atoms with van der Waals surface area (Å²) in [5.74, 6) is 0.708. The van der Waals surface area contributed by atoms with Crippen LogP contribution in [0.3, 0.4) is 0 Å². The number of carbonyl (C=O) groups is 2. The molecule has 0 saturated carbocycles. The van der Waals surface area contributed by atoms with Gasteiger partial charge in [0.1, 0.15) is 0 Å². The van der Waals surface area contributed by atoms with Crippen LogP contribution >= 0.6 is 0 Å². The van der Waals surface area contributed by atoms with Crippen LogP contribution in [0.4, 0.5) is 11.6 Å². The smallest absolute Gasteiger partial charge is 0.224 e. The predicted molar refractivity (Wildman–Crippen MR) is 128 cm³/mol. The maximum absolute atomic E-state index is 13.1. The first-order valence-electron chi connectivity index (χ1n) is 11.6. The molecule has 1 aromatic carbocycles. The van der Waals surface area contributed by atoms with E-state index in [1.54, 1.807) is 6.92 Å². The summed E-state index contributed by atoms with van der Waals surface area (Å²) in [6.07, 6.45) is 5.69. The minimum absolute atomic E-state index is 0.0463. The number of carbonyl (C=O) groups excluding carboxylic acids is 2. The Balaban J connectivity index is 1.71. The van der Waals surface area contributed by atoms with Gasteiger partial charge in [0, 0.05) is 56.6 Å². The van der Waals surface area contributed by atoms with Gasteiger partial charge in [0.25, 0.3) is 0 Å². The number of para-hydroxylation sites is 1. The Morgan fingerprint density at radius 2 is 1.62 bits per heavy atom. The van der Waals surface area contributed by atoms with Crippen LogP contribution in [0.5, 0.6) is 0 Å². The van der Waals surface area contributed by atoms with Crippen LogP contribution in [0.25, 0.3) is 0 Å². The summed E-state index contributed by atoms with van der Waals surface area (Å²) in [7, 11) is 0. The molecule has 2 amide bonds. The minimum atomic E-state index is 0.0463. The molecule has 7 nitrogen and oxygen atoms in total. The molecule has 0 bridgehead atoms. The predicted octanol–water partition coefficient (Wildman–Crippen LogP) is 4.24. The highest BCUT2D eigenvalue weighted by atomic mass is 16.2. The summed E-state index contributed by atoms with van der Waals surface area (Å²) in [6, 6.07) is 9.88. The van der Waals surface area contributed by atoms with Crippen molar-refractivity contribution in [3.8, 4) is 0 Å². The minimum Gasteiger partial charge on any atom is -0.354 e. The molecule has 1 aliphatic rings. The molecule has 0 unspecified atom stereocenters. The third-order valence-corrected chi connectivity index (χ3v) is 5.79.